The number of piperazine rings is 1. The highest BCUT2D eigenvalue weighted by molar-refractivity contribution is 7.15. The van der Waals surface area contributed by atoms with Crippen molar-refractivity contribution < 1.29 is 9.53 Å². The van der Waals surface area contributed by atoms with Crippen LogP contribution < -0.4 is 10.2 Å². The molecule has 2 bridgehead atoms. The molecule has 1 amide bonds. The van der Waals surface area contributed by atoms with Gasteiger partial charge in [0, 0.05) is 55.5 Å². The lowest BCUT2D eigenvalue weighted by atomic mass is 9.81. The van der Waals surface area contributed by atoms with Gasteiger partial charge in [-0.15, -0.1) is 0 Å². The van der Waals surface area contributed by atoms with Gasteiger partial charge in [0.15, 0.2) is 5.13 Å². The van der Waals surface area contributed by atoms with Crippen molar-refractivity contribution in [2.45, 2.75) is 76.6 Å². The van der Waals surface area contributed by atoms with Gasteiger partial charge in [-0.05, 0) is 25.7 Å². The molecular formula is C21H32N4O2S. The molecule has 3 fully saturated rings. The van der Waals surface area contributed by atoms with Gasteiger partial charge in [-0.1, -0.05) is 31.1 Å². The van der Waals surface area contributed by atoms with E-state index in [-0.39, 0.29) is 17.4 Å². The number of amides is 1. The molecule has 2 saturated heterocycles. The quantitative estimate of drug-likeness (QED) is 0.836. The summed E-state index contributed by atoms with van der Waals surface area (Å²) in [6.07, 6.45) is 7.68. The monoisotopic (exact) mass is 404 g/mol. The summed E-state index contributed by atoms with van der Waals surface area (Å²) >= 11 is 1.81. The summed E-state index contributed by atoms with van der Waals surface area (Å²) in [7, 11) is 1.70. The average molecular weight is 405 g/mol. The van der Waals surface area contributed by atoms with Gasteiger partial charge in [0.05, 0.1) is 12.2 Å². The molecule has 1 aliphatic carbocycles. The Balaban J connectivity index is 1.33. The number of ether oxygens (including phenoxy) is 1. The smallest absolute Gasteiger partial charge is 0.252 e. The summed E-state index contributed by atoms with van der Waals surface area (Å²) in [5, 5.41) is 4.73. The molecule has 0 spiro atoms. The molecule has 7 heteroatoms. The zero-order valence-electron chi connectivity index (χ0n) is 17.1. The van der Waals surface area contributed by atoms with Gasteiger partial charge in [0.1, 0.15) is 6.10 Å². The lowest BCUT2D eigenvalue weighted by Crippen LogP contribution is -2.51. The lowest BCUT2D eigenvalue weighted by molar-refractivity contribution is -0.150. The van der Waals surface area contributed by atoms with Crippen LogP contribution in [-0.2, 0) is 22.5 Å². The second-order valence-electron chi connectivity index (χ2n) is 9.30. The SMILES string of the molecule is COC(C(=O)N1CCc2nc(N3C4CCC3CNC4)sc2C1)C1(C)CCCC1. The molecule has 4 aliphatic rings. The second kappa shape index (κ2) is 7.26. The molecule has 3 aliphatic heterocycles. The summed E-state index contributed by atoms with van der Waals surface area (Å²) in [6, 6.07) is 1.17. The number of carbonyl (C=O) groups excluding carboxylic acids is 1. The molecule has 1 N–H and O–H groups in total. The summed E-state index contributed by atoms with van der Waals surface area (Å²) < 4.78 is 5.76. The first-order valence-electron chi connectivity index (χ1n) is 10.9. The molecule has 3 unspecified atom stereocenters. The number of fused-ring (bicyclic) bond motifs is 3. The minimum Gasteiger partial charge on any atom is -0.371 e. The van der Waals surface area contributed by atoms with E-state index in [0.29, 0.717) is 18.6 Å². The highest BCUT2D eigenvalue weighted by atomic mass is 32.1. The van der Waals surface area contributed by atoms with Gasteiger partial charge >= 0.3 is 0 Å². The molecule has 154 valence electrons. The van der Waals surface area contributed by atoms with E-state index in [0.717, 1.165) is 38.9 Å². The second-order valence-corrected chi connectivity index (χ2v) is 10.4. The molecule has 5 rings (SSSR count). The van der Waals surface area contributed by atoms with Crippen molar-refractivity contribution in [3.8, 4) is 0 Å². The maximum absolute atomic E-state index is 13.3. The number of rotatable bonds is 4. The van der Waals surface area contributed by atoms with Crippen LogP contribution in [0.5, 0.6) is 0 Å². The topological polar surface area (TPSA) is 57.7 Å². The first-order valence-corrected chi connectivity index (χ1v) is 11.7. The lowest BCUT2D eigenvalue weighted by Gasteiger charge is -2.36. The Bertz CT molecular complexity index is 729. The van der Waals surface area contributed by atoms with Gasteiger partial charge in [-0.2, -0.15) is 0 Å². The van der Waals surface area contributed by atoms with Crippen molar-refractivity contribution in [3.63, 3.8) is 0 Å². The van der Waals surface area contributed by atoms with Crippen LogP contribution in [0.1, 0.15) is 56.0 Å². The fourth-order valence-corrected chi connectivity index (χ4v) is 7.13. The number of nitrogens with zero attached hydrogens (tertiary/aromatic N) is 3. The largest absolute Gasteiger partial charge is 0.371 e. The number of thiazole rings is 1. The third-order valence-corrected chi connectivity index (χ3v) is 8.57. The molecule has 3 atom stereocenters. The summed E-state index contributed by atoms with van der Waals surface area (Å²) in [5.74, 6) is 0.176. The van der Waals surface area contributed by atoms with Gasteiger partial charge in [0.2, 0.25) is 0 Å². The van der Waals surface area contributed by atoms with Crippen LogP contribution in [0.3, 0.4) is 0 Å². The fraction of sp³-hybridized carbons (Fsp3) is 0.810. The Morgan fingerprint density at radius 1 is 1.29 bits per heavy atom. The number of hydrogen-bond acceptors (Lipinski definition) is 6. The van der Waals surface area contributed by atoms with E-state index >= 15 is 0 Å². The van der Waals surface area contributed by atoms with E-state index in [1.807, 2.05) is 16.2 Å². The number of hydrogen-bond donors (Lipinski definition) is 1. The number of nitrogens with one attached hydrogen (secondary N) is 1. The maximum Gasteiger partial charge on any atom is 0.252 e. The van der Waals surface area contributed by atoms with Crippen LogP contribution in [0.15, 0.2) is 0 Å². The minimum absolute atomic E-state index is 0.00896. The Morgan fingerprint density at radius 3 is 2.68 bits per heavy atom. The first-order chi connectivity index (χ1) is 13.6. The Labute approximate surface area is 171 Å². The molecule has 1 aromatic heterocycles. The molecule has 0 radical (unpaired) electrons. The van der Waals surface area contributed by atoms with E-state index in [2.05, 4.69) is 17.1 Å². The molecule has 0 aromatic carbocycles. The maximum atomic E-state index is 13.3. The summed E-state index contributed by atoms with van der Waals surface area (Å²) in [4.78, 5) is 24.2. The van der Waals surface area contributed by atoms with Crippen molar-refractivity contribution >= 4 is 22.4 Å². The molecule has 1 saturated carbocycles. The third kappa shape index (κ3) is 3.06. The van der Waals surface area contributed by atoms with E-state index in [4.69, 9.17) is 9.72 Å². The molecule has 6 nitrogen and oxygen atoms in total. The van der Waals surface area contributed by atoms with Crippen molar-refractivity contribution in [1.82, 2.24) is 15.2 Å². The van der Waals surface area contributed by atoms with Gasteiger partial charge in [-0.25, -0.2) is 4.98 Å². The van der Waals surface area contributed by atoms with Crippen LogP contribution in [0, 0.1) is 5.41 Å². The zero-order chi connectivity index (χ0) is 19.3. The number of aromatic nitrogens is 1. The molecular weight excluding hydrogens is 372 g/mol. The predicted molar refractivity (Wildman–Crippen MR) is 111 cm³/mol. The normalized spacial score (nSPS) is 29.8. The predicted octanol–water partition coefficient (Wildman–Crippen LogP) is 2.56. The Hall–Kier alpha value is -1.18. The minimum atomic E-state index is -0.312. The van der Waals surface area contributed by atoms with E-state index in [1.165, 1.54) is 41.4 Å². The van der Waals surface area contributed by atoms with Gasteiger partial charge in [0.25, 0.3) is 5.91 Å². The van der Waals surface area contributed by atoms with Crippen LogP contribution in [-0.4, -0.2) is 60.7 Å². The molecule has 4 heterocycles. The number of methoxy groups -OCH3 is 1. The zero-order valence-corrected chi connectivity index (χ0v) is 17.9. The Morgan fingerprint density at radius 2 is 2.00 bits per heavy atom. The van der Waals surface area contributed by atoms with Crippen LogP contribution in [0.2, 0.25) is 0 Å². The van der Waals surface area contributed by atoms with E-state index in [1.54, 1.807) is 7.11 Å². The molecule has 28 heavy (non-hydrogen) atoms. The molecule has 1 aromatic rings. The third-order valence-electron chi connectivity index (χ3n) is 7.47. The first kappa shape index (κ1) is 18.8. The average Bonchev–Trinajstić information content (AvgIpc) is 3.37. The van der Waals surface area contributed by atoms with Crippen molar-refractivity contribution in [2.75, 3.05) is 31.6 Å². The highest BCUT2D eigenvalue weighted by Crippen LogP contribution is 2.43. The number of carbonyl (C=O) groups is 1. The van der Waals surface area contributed by atoms with Gasteiger partial charge < -0.3 is 19.9 Å². The number of anilines is 1. The van der Waals surface area contributed by atoms with Crippen molar-refractivity contribution in [2.24, 2.45) is 5.41 Å². The highest BCUT2D eigenvalue weighted by Gasteiger charge is 2.44. The van der Waals surface area contributed by atoms with Crippen LogP contribution in [0.25, 0.3) is 0 Å². The summed E-state index contributed by atoms with van der Waals surface area (Å²) in [6.45, 7) is 5.83. The van der Waals surface area contributed by atoms with E-state index in [9.17, 15) is 4.79 Å². The van der Waals surface area contributed by atoms with Crippen molar-refractivity contribution in [3.05, 3.63) is 10.6 Å². The van der Waals surface area contributed by atoms with Crippen LogP contribution in [0.4, 0.5) is 5.13 Å². The van der Waals surface area contributed by atoms with Gasteiger partial charge in [-0.3, -0.25) is 4.79 Å². The standard InChI is InChI=1S/C21H32N4O2S/c1-21(8-3-4-9-21)18(27-2)19(26)24-10-7-16-17(13-24)28-20(23-16)25-14-5-6-15(25)12-22-11-14/h14-15,18,22H,3-13H2,1-2H3. The summed E-state index contributed by atoms with van der Waals surface area (Å²) in [5.41, 5.74) is 1.20. The van der Waals surface area contributed by atoms with Crippen molar-refractivity contribution in [1.29, 1.82) is 0 Å². The fourth-order valence-electron chi connectivity index (χ4n) is 5.87. The Kier molecular flexibility index (Phi) is 4.88. The van der Waals surface area contributed by atoms with E-state index < -0.39 is 0 Å². The van der Waals surface area contributed by atoms with Crippen LogP contribution >= 0.6 is 11.3 Å².